The second kappa shape index (κ2) is 6.66. The normalized spacial score (nSPS) is 19.1. The van der Waals surface area contributed by atoms with Crippen molar-refractivity contribution in [3.8, 4) is 0 Å². The molecule has 4 rings (SSSR count). The fraction of sp³-hybridized carbons (Fsp3) is 0.286. The fourth-order valence-corrected chi connectivity index (χ4v) is 3.92. The lowest BCUT2D eigenvalue weighted by Crippen LogP contribution is -2.45. The number of benzene rings is 2. The predicted octanol–water partition coefficient (Wildman–Crippen LogP) is 3.45. The SMILES string of the molecule is CN1Cc2ccc(Cl)cc2CC1CNC(=O)C1=Cc2ccccc2C1. The minimum atomic E-state index is 0.0430. The summed E-state index contributed by atoms with van der Waals surface area (Å²) in [4.78, 5) is 14.8. The Balaban J connectivity index is 1.40. The van der Waals surface area contributed by atoms with Crippen LogP contribution in [0.3, 0.4) is 0 Å². The van der Waals surface area contributed by atoms with E-state index in [4.69, 9.17) is 11.6 Å². The predicted molar refractivity (Wildman–Crippen MR) is 102 cm³/mol. The molecule has 3 nitrogen and oxygen atoms in total. The summed E-state index contributed by atoms with van der Waals surface area (Å²) in [6.07, 6.45) is 3.64. The van der Waals surface area contributed by atoms with Crippen molar-refractivity contribution in [2.75, 3.05) is 13.6 Å². The van der Waals surface area contributed by atoms with Gasteiger partial charge < -0.3 is 5.32 Å². The number of nitrogens with one attached hydrogen (secondary N) is 1. The van der Waals surface area contributed by atoms with E-state index in [1.54, 1.807) is 0 Å². The van der Waals surface area contributed by atoms with Crippen molar-refractivity contribution >= 4 is 23.6 Å². The first kappa shape index (κ1) is 16.4. The first-order chi connectivity index (χ1) is 12.1. The summed E-state index contributed by atoms with van der Waals surface area (Å²) in [5.74, 6) is 0.0430. The third kappa shape index (κ3) is 3.35. The molecule has 1 aliphatic heterocycles. The molecule has 1 unspecified atom stereocenters. The first-order valence-electron chi connectivity index (χ1n) is 8.64. The van der Waals surface area contributed by atoms with E-state index in [2.05, 4.69) is 41.5 Å². The molecule has 2 aromatic carbocycles. The zero-order valence-electron chi connectivity index (χ0n) is 14.3. The third-order valence-electron chi connectivity index (χ3n) is 5.22. The van der Waals surface area contributed by atoms with Gasteiger partial charge in [-0.3, -0.25) is 9.69 Å². The van der Waals surface area contributed by atoms with Gasteiger partial charge >= 0.3 is 0 Å². The largest absolute Gasteiger partial charge is 0.351 e. The fourth-order valence-electron chi connectivity index (χ4n) is 3.72. The number of likely N-dealkylation sites (N-methyl/N-ethyl adjacent to an activating group) is 1. The summed E-state index contributed by atoms with van der Waals surface area (Å²) in [7, 11) is 2.11. The van der Waals surface area contributed by atoms with E-state index < -0.39 is 0 Å². The van der Waals surface area contributed by atoms with Crippen LogP contribution in [0.1, 0.15) is 22.3 Å². The minimum Gasteiger partial charge on any atom is -0.351 e. The quantitative estimate of drug-likeness (QED) is 0.917. The maximum atomic E-state index is 12.5. The lowest BCUT2D eigenvalue weighted by atomic mass is 9.94. The van der Waals surface area contributed by atoms with Crippen molar-refractivity contribution in [3.63, 3.8) is 0 Å². The number of amides is 1. The molecular weight excluding hydrogens is 332 g/mol. The molecule has 1 N–H and O–H groups in total. The van der Waals surface area contributed by atoms with Crippen molar-refractivity contribution in [1.29, 1.82) is 0 Å². The van der Waals surface area contributed by atoms with Gasteiger partial charge in [0.15, 0.2) is 0 Å². The molecule has 0 aromatic heterocycles. The Morgan fingerprint density at radius 3 is 2.88 bits per heavy atom. The number of fused-ring (bicyclic) bond motifs is 2. The topological polar surface area (TPSA) is 32.3 Å². The summed E-state index contributed by atoms with van der Waals surface area (Å²) in [5.41, 5.74) is 5.85. The molecule has 0 bridgehead atoms. The van der Waals surface area contributed by atoms with Gasteiger partial charge in [-0.2, -0.15) is 0 Å². The minimum absolute atomic E-state index is 0.0430. The molecule has 0 spiro atoms. The van der Waals surface area contributed by atoms with Crippen molar-refractivity contribution in [1.82, 2.24) is 10.2 Å². The highest BCUT2D eigenvalue weighted by Crippen LogP contribution is 2.26. The first-order valence-corrected chi connectivity index (χ1v) is 9.02. The van der Waals surface area contributed by atoms with E-state index in [0.29, 0.717) is 12.6 Å². The monoisotopic (exact) mass is 352 g/mol. The van der Waals surface area contributed by atoms with Crippen molar-refractivity contribution in [2.45, 2.75) is 25.4 Å². The molecule has 0 saturated heterocycles. The van der Waals surface area contributed by atoms with Crippen LogP contribution in [0.5, 0.6) is 0 Å². The summed E-state index contributed by atoms with van der Waals surface area (Å²) < 4.78 is 0. The summed E-state index contributed by atoms with van der Waals surface area (Å²) in [5, 5.41) is 3.90. The zero-order valence-corrected chi connectivity index (χ0v) is 15.0. The number of rotatable bonds is 3. The number of hydrogen-bond acceptors (Lipinski definition) is 2. The van der Waals surface area contributed by atoms with Gasteiger partial charge in [0.05, 0.1) is 0 Å². The Hall–Kier alpha value is -2.10. The number of carbonyl (C=O) groups excluding carboxylic acids is 1. The second-order valence-corrected chi connectivity index (χ2v) is 7.38. The second-order valence-electron chi connectivity index (χ2n) is 6.94. The molecule has 128 valence electrons. The van der Waals surface area contributed by atoms with Crippen LogP contribution in [0.25, 0.3) is 6.08 Å². The maximum Gasteiger partial charge on any atom is 0.247 e. The van der Waals surface area contributed by atoms with Gasteiger partial charge in [0, 0.05) is 36.1 Å². The maximum absolute atomic E-state index is 12.5. The molecule has 0 radical (unpaired) electrons. The molecule has 0 fully saturated rings. The van der Waals surface area contributed by atoms with Gasteiger partial charge in [-0.05, 0) is 53.9 Å². The Bertz CT molecular complexity index is 859. The highest BCUT2D eigenvalue weighted by Gasteiger charge is 2.25. The van der Waals surface area contributed by atoms with Gasteiger partial charge in [-0.25, -0.2) is 0 Å². The van der Waals surface area contributed by atoms with E-state index in [-0.39, 0.29) is 5.91 Å². The van der Waals surface area contributed by atoms with Crippen LogP contribution in [0.2, 0.25) is 5.02 Å². The molecule has 2 aromatic rings. The summed E-state index contributed by atoms with van der Waals surface area (Å²) in [6.45, 7) is 1.54. The van der Waals surface area contributed by atoms with Crippen LogP contribution in [0, 0.1) is 0 Å². The summed E-state index contributed by atoms with van der Waals surface area (Å²) in [6, 6.07) is 14.6. The van der Waals surface area contributed by atoms with Crippen molar-refractivity contribution < 1.29 is 4.79 Å². The molecule has 25 heavy (non-hydrogen) atoms. The highest BCUT2D eigenvalue weighted by molar-refractivity contribution is 6.30. The average Bonchev–Trinajstić information content (AvgIpc) is 3.04. The van der Waals surface area contributed by atoms with Crippen molar-refractivity contribution in [2.24, 2.45) is 0 Å². The molecule has 2 aliphatic rings. The lowest BCUT2D eigenvalue weighted by Gasteiger charge is -2.34. The highest BCUT2D eigenvalue weighted by atomic mass is 35.5. The number of nitrogens with zero attached hydrogens (tertiary/aromatic N) is 1. The van der Waals surface area contributed by atoms with E-state index in [1.807, 2.05) is 24.3 Å². The van der Waals surface area contributed by atoms with E-state index in [9.17, 15) is 4.79 Å². The standard InChI is InChI=1S/C21H21ClN2O/c1-24-13-16-6-7-19(22)10-17(16)11-20(24)12-23-21(25)18-8-14-4-2-3-5-15(14)9-18/h2-8,10,20H,9,11-13H2,1H3,(H,23,25). The van der Waals surface area contributed by atoms with Gasteiger partial charge in [-0.1, -0.05) is 41.9 Å². The van der Waals surface area contributed by atoms with E-state index in [0.717, 1.165) is 35.5 Å². The van der Waals surface area contributed by atoms with Gasteiger partial charge in [-0.15, -0.1) is 0 Å². The number of hydrogen-bond donors (Lipinski definition) is 1. The lowest BCUT2D eigenvalue weighted by molar-refractivity contribution is -0.117. The van der Waals surface area contributed by atoms with Gasteiger partial charge in [0.25, 0.3) is 0 Å². The van der Waals surface area contributed by atoms with Gasteiger partial charge in [0.2, 0.25) is 5.91 Å². The molecule has 1 atom stereocenters. The Labute approximate surface area is 153 Å². The van der Waals surface area contributed by atoms with Crippen molar-refractivity contribution in [3.05, 3.63) is 75.3 Å². The molecule has 1 aliphatic carbocycles. The van der Waals surface area contributed by atoms with Crippen LogP contribution in [0.15, 0.2) is 48.0 Å². The van der Waals surface area contributed by atoms with Gasteiger partial charge in [0.1, 0.15) is 0 Å². The Kier molecular flexibility index (Phi) is 4.36. The molecule has 1 amide bonds. The van der Waals surface area contributed by atoms with Crippen LogP contribution < -0.4 is 5.32 Å². The molecule has 1 heterocycles. The van der Waals surface area contributed by atoms with Crippen LogP contribution in [-0.4, -0.2) is 30.4 Å². The number of carbonyl (C=O) groups is 1. The smallest absolute Gasteiger partial charge is 0.247 e. The van der Waals surface area contributed by atoms with Crippen LogP contribution in [-0.2, 0) is 24.2 Å². The average molecular weight is 353 g/mol. The molecule has 0 saturated carbocycles. The Morgan fingerprint density at radius 2 is 2.04 bits per heavy atom. The van der Waals surface area contributed by atoms with Crippen LogP contribution in [0.4, 0.5) is 0 Å². The molecule has 4 heteroatoms. The zero-order chi connectivity index (χ0) is 17.4. The van der Waals surface area contributed by atoms with E-state index in [1.165, 1.54) is 16.7 Å². The molecular formula is C21H21ClN2O. The third-order valence-corrected chi connectivity index (χ3v) is 5.46. The van der Waals surface area contributed by atoms with E-state index >= 15 is 0 Å². The number of halogens is 1. The Morgan fingerprint density at radius 1 is 1.20 bits per heavy atom. The summed E-state index contributed by atoms with van der Waals surface area (Å²) >= 11 is 6.13. The van der Waals surface area contributed by atoms with Crippen LogP contribution >= 0.6 is 11.6 Å².